The van der Waals surface area contributed by atoms with Crippen LogP contribution in [0, 0.1) is 20.8 Å². The Balaban J connectivity index is 1.93. The predicted octanol–water partition coefficient (Wildman–Crippen LogP) is 4.15. The summed E-state index contributed by atoms with van der Waals surface area (Å²) in [5.41, 5.74) is 2.86. The number of carbonyl (C=O) groups is 1. The van der Waals surface area contributed by atoms with Gasteiger partial charge < -0.3 is 9.73 Å². The van der Waals surface area contributed by atoms with Crippen LogP contribution in [0.3, 0.4) is 0 Å². The van der Waals surface area contributed by atoms with Crippen LogP contribution in [0.5, 0.6) is 0 Å². The van der Waals surface area contributed by atoms with Crippen LogP contribution in [0.25, 0.3) is 0 Å². The van der Waals surface area contributed by atoms with E-state index in [1.165, 1.54) is 6.26 Å². The second kappa shape index (κ2) is 8.02. The number of aryl methyl sites for hydroxylation is 3. The Morgan fingerprint density at radius 1 is 1.00 bits per heavy atom. The molecule has 0 saturated heterocycles. The normalized spacial score (nSPS) is 12.5. The zero-order valence-electron chi connectivity index (χ0n) is 16.1. The molecule has 1 aromatic heterocycles. The highest BCUT2D eigenvalue weighted by molar-refractivity contribution is 7.91. The fourth-order valence-corrected chi connectivity index (χ4v) is 5.03. The SMILES string of the molecule is Cc1ccc(C)c(S(=O)(=O)[C@H](CNC(=O)c2ccccc2C)c2ccco2)c1. The summed E-state index contributed by atoms with van der Waals surface area (Å²) in [4.78, 5) is 12.8. The van der Waals surface area contributed by atoms with Gasteiger partial charge in [0.2, 0.25) is 0 Å². The largest absolute Gasteiger partial charge is 0.468 e. The maximum atomic E-state index is 13.4. The molecule has 0 aliphatic carbocycles. The van der Waals surface area contributed by atoms with E-state index in [0.29, 0.717) is 16.9 Å². The first kappa shape index (κ1) is 19.9. The quantitative estimate of drug-likeness (QED) is 0.678. The molecule has 0 aliphatic rings. The van der Waals surface area contributed by atoms with E-state index in [1.807, 2.05) is 32.0 Å². The Morgan fingerprint density at radius 3 is 2.43 bits per heavy atom. The first-order valence-electron chi connectivity index (χ1n) is 8.99. The molecule has 1 atom stereocenters. The molecule has 0 unspecified atom stereocenters. The highest BCUT2D eigenvalue weighted by Crippen LogP contribution is 2.31. The Morgan fingerprint density at radius 2 is 1.75 bits per heavy atom. The van der Waals surface area contributed by atoms with Crippen LogP contribution in [0.1, 0.15) is 38.1 Å². The van der Waals surface area contributed by atoms with Crippen molar-refractivity contribution in [2.45, 2.75) is 30.9 Å². The average Bonchev–Trinajstić information content (AvgIpc) is 3.18. The number of amides is 1. The number of hydrogen-bond donors (Lipinski definition) is 1. The lowest BCUT2D eigenvalue weighted by molar-refractivity contribution is 0.0952. The number of carbonyl (C=O) groups excluding carboxylic acids is 1. The van der Waals surface area contributed by atoms with Crippen molar-refractivity contribution >= 4 is 15.7 Å². The molecule has 28 heavy (non-hydrogen) atoms. The molecular weight excluding hydrogens is 374 g/mol. The summed E-state index contributed by atoms with van der Waals surface area (Å²) in [6.45, 7) is 5.36. The van der Waals surface area contributed by atoms with Gasteiger partial charge in [0.25, 0.3) is 5.91 Å². The van der Waals surface area contributed by atoms with Gasteiger partial charge in [-0.15, -0.1) is 0 Å². The molecule has 6 heteroatoms. The second-order valence-electron chi connectivity index (χ2n) is 6.84. The molecule has 3 aromatic rings. The van der Waals surface area contributed by atoms with Gasteiger partial charge in [-0.25, -0.2) is 8.42 Å². The molecule has 0 radical (unpaired) electrons. The topological polar surface area (TPSA) is 76.4 Å². The highest BCUT2D eigenvalue weighted by atomic mass is 32.2. The van der Waals surface area contributed by atoms with Gasteiger partial charge >= 0.3 is 0 Å². The molecule has 2 aromatic carbocycles. The van der Waals surface area contributed by atoms with Crippen LogP contribution < -0.4 is 5.32 Å². The van der Waals surface area contributed by atoms with Gasteiger partial charge in [0.15, 0.2) is 9.84 Å². The fourth-order valence-electron chi connectivity index (χ4n) is 3.11. The van der Waals surface area contributed by atoms with Crippen molar-refractivity contribution < 1.29 is 17.6 Å². The van der Waals surface area contributed by atoms with E-state index >= 15 is 0 Å². The Kier molecular flexibility index (Phi) is 5.70. The van der Waals surface area contributed by atoms with Crippen LogP contribution >= 0.6 is 0 Å². The zero-order valence-corrected chi connectivity index (χ0v) is 16.9. The Labute approximate surface area is 165 Å². The van der Waals surface area contributed by atoms with Crippen molar-refractivity contribution in [2.24, 2.45) is 0 Å². The third kappa shape index (κ3) is 4.02. The summed E-state index contributed by atoms with van der Waals surface area (Å²) in [7, 11) is -3.77. The molecule has 5 nitrogen and oxygen atoms in total. The number of rotatable bonds is 6. The van der Waals surface area contributed by atoms with Crippen molar-refractivity contribution in [1.29, 1.82) is 0 Å². The van der Waals surface area contributed by atoms with Crippen molar-refractivity contribution in [3.05, 3.63) is 88.9 Å². The van der Waals surface area contributed by atoms with Gasteiger partial charge in [0.05, 0.1) is 11.2 Å². The van der Waals surface area contributed by atoms with Crippen LogP contribution in [0.15, 0.2) is 70.2 Å². The standard InChI is InChI=1S/C22H23NO4S/c1-15-10-11-17(3)20(13-15)28(25,26)21(19-9-6-12-27-19)14-23-22(24)18-8-5-4-7-16(18)2/h4-13,21H,14H2,1-3H3,(H,23,24)/t21-/m1/s1. The van der Waals surface area contributed by atoms with Crippen molar-refractivity contribution in [2.75, 3.05) is 6.54 Å². The predicted molar refractivity (Wildman–Crippen MR) is 108 cm³/mol. The smallest absolute Gasteiger partial charge is 0.251 e. The summed E-state index contributed by atoms with van der Waals surface area (Å²) in [6, 6.07) is 15.8. The van der Waals surface area contributed by atoms with Gasteiger partial charge in [0.1, 0.15) is 11.0 Å². The van der Waals surface area contributed by atoms with Gasteiger partial charge in [-0.1, -0.05) is 30.3 Å². The third-order valence-corrected chi connectivity index (χ3v) is 6.92. The first-order valence-corrected chi connectivity index (χ1v) is 10.5. The summed E-state index contributed by atoms with van der Waals surface area (Å²) < 4.78 is 32.2. The van der Waals surface area contributed by atoms with Gasteiger partial charge in [-0.05, 0) is 61.7 Å². The molecule has 1 heterocycles. The molecule has 0 fully saturated rings. The molecule has 0 saturated carbocycles. The maximum Gasteiger partial charge on any atom is 0.251 e. The van der Waals surface area contributed by atoms with E-state index < -0.39 is 15.1 Å². The molecule has 146 valence electrons. The monoisotopic (exact) mass is 397 g/mol. The minimum Gasteiger partial charge on any atom is -0.468 e. The number of benzene rings is 2. The lowest BCUT2D eigenvalue weighted by atomic mass is 10.1. The van der Waals surface area contributed by atoms with Crippen molar-refractivity contribution in [3.8, 4) is 0 Å². The van der Waals surface area contributed by atoms with Crippen molar-refractivity contribution in [1.82, 2.24) is 5.32 Å². The summed E-state index contributed by atoms with van der Waals surface area (Å²) in [6.07, 6.45) is 1.43. The van der Waals surface area contributed by atoms with E-state index in [1.54, 1.807) is 43.3 Å². The minimum atomic E-state index is -3.77. The van der Waals surface area contributed by atoms with Crippen LogP contribution in [0.4, 0.5) is 0 Å². The second-order valence-corrected chi connectivity index (χ2v) is 8.94. The molecule has 0 spiro atoms. The van der Waals surface area contributed by atoms with E-state index in [2.05, 4.69) is 5.32 Å². The lowest BCUT2D eigenvalue weighted by Crippen LogP contribution is -2.32. The van der Waals surface area contributed by atoms with Gasteiger partial charge in [-0.2, -0.15) is 0 Å². The number of nitrogens with one attached hydrogen (secondary N) is 1. The van der Waals surface area contributed by atoms with Crippen LogP contribution in [-0.2, 0) is 9.84 Å². The van der Waals surface area contributed by atoms with Crippen molar-refractivity contribution in [3.63, 3.8) is 0 Å². The highest BCUT2D eigenvalue weighted by Gasteiger charge is 2.33. The molecule has 0 aliphatic heterocycles. The van der Waals surface area contributed by atoms with E-state index in [-0.39, 0.29) is 17.3 Å². The molecule has 1 amide bonds. The average molecular weight is 397 g/mol. The summed E-state index contributed by atoms with van der Waals surface area (Å²) in [5, 5.41) is 1.74. The first-order chi connectivity index (χ1) is 13.3. The molecule has 3 rings (SSSR count). The van der Waals surface area contributed by atoms with Gasteiger partial charge in [-0.3, -0.25) is 4.79 Å². The Hall–Kier alpha value is -2.86. The number of sulfone groups is 1. The zero-order chi connectivity index (χ0) is 20.3. The minimum absolute atomic E-state index is 0.0869. The molecule has 0 bridgehead atoms. The van der Waals surface area contributed by atoms with E-state index in [4.69, 9.17) is 4.42 Å². The summed E-state index contributed by atoms with van der Waals surface area (Å²) in [5.74, 6) is -0.0168. The molecular formula is C22H23NO4S. The number of hydrogen-bond acceptors (Lipinski definition) is 4. The maximum absolute atomic E-state index is 13.4. The van der Waals surface area contributed by atoms with Crippen LogP contribution in [0.2, 0.25) is 0 Å². The Bertz CT molecular complexity index is 1090. The lowest BCUT2D eigenvalue weighted by Gasteiger charge is -2.18. The van der Waals surface area contributed by atoms with Gasteiger partial charge in [0, 0.05) is 12.1 Å². The van der Waals surface area contributed by atoms with E-state index in [0.717, 1.165) is 11.1 Å². The number of furan rings is 1. The third-order valence-electron chi connectivity index (χ3n) is 4.72. The summed E-state index contributed by atoms with van der Waals surface area (Å²) >= 11 is 0. The fraction of sp³-hybridized carbons (Fsp3) is 0.227. The van der Waals surface area contributed by atoms with E-state index in [9.17, 15) is 13.2 Å². The van der Waals surface area contributed by atoms with Crippen LogP contribution in [-0.4, -0.2) is 20.9 Å². The molecule has 1 N–H and O–H groups in total.